The first-order valence-electron chi connectivity index (χ1n) is 10.7. The first kappa shape index (κ1) is 20.5. The molecule has 2 fully saturated rings. The minimum Gasteiger partial charge on any atom is -0.453 e. The molecule has 8 heteroatoms. The van der Waals surface area contributed by atoms with Crippen LogP contribution in [0.1, 0.15) is 22.2 Å². The van der Waals surface area contributed by atoms with Gasteiger partial charge in [0.2, 0.25) is 11.6 Å². The summed E-state index contributed by atoms with van der Waals surface area (Å²) >= 11 is 0. The molecule has 164 valence electrons. The molecule has 2 atom stereocenters. The summed E-state index contributed by atoms with van der Waals surface area (Å²) in [6, 6.07) is 11.7. The standard InChI is InChI=1S/C24H23N3O5/c28-22(19-14-16-4-1-2-6-18(16)32-19)20-21(17-5-3-7-25-15-17)27(24(30)23(20)29)9-8-26-10-12-31-13-11-26/h1-7,14-15,20-21H,8-13H2. The number of likely N-dealkylation sites (tertiary alicyclic amines) is 1. The van der Waals surface area contributed by atoms with Gasteiger partial charge in [0, 0.05) is 44.0 Å². The molecule has 2 aromatic heterocycles. The largest absolute Gasteiger partial charge is 0.453 e. The van der Waals surface area contributed by atoms with Crippen LogP contribution < -0.4 is 0 Å². The SMILES string of the molecule is O=C1C(=O)N(CCN2CCOCC2)C(c2cccnc2)C1C(=O)c1cc2ccccc2o1. The van der Waals surface area contributed by atoms with Gasteiger partial charge < -0.3 is 14.1 Å². The van der Waals surface area contributed by atoms with Gasteiger partial charge in [-0.25, -0.2) is 0 Å². The van der Waals surface area contributed by atoms with E-state index in [1.54, 1.807) is 36.7 Å². The highest BCUT2D eigenvalue weighted by molar-refractivity contribution is 6.43. The van der Waals surface area contributed by atoms with Crippen LogP contribution in [0.25, 0.3) is 11.0 Å². The van der Waals surface area contributed by atoms with Crippen molar-refractivity contribution in [3.05, 3.63) is 66.2 Å². The Morgan fingerprint density at radius 2 is 1.88 bits per heavy atom. The quantitative estimate of drug-likeness (QED) is 0.334. The number of carbonyl (C=O) groups is 3. The van der Waals surface area contributed by atoms with E-state index >= 15 is 0 Å². The molecule has 1 aromatic carbocycles. The number of pyridine rings is 1. The average Bonchev–Trinajstić information content (AvgIpc) is 3.38. The Kier molecular flexibility index (Phi) is 5.55. The molecule has 0 spiro atoms. The molecular formula is C24H23N3O5. The molecule has 0 radical (unpaired) electrons. The lowest BCUT2D eigenvalue weighted by Gasteiger charge is -2.31. The van der Waals surface area contributed by atoms with E-state index in [9.17, 15) is 14.4 Å². The number of rotatable bonds is 6. The minimum absolute atomic E-state index is 0.0845. The predicted octanol–water partition coefficient (Wildman–Crippen LogP) is 2.11. The number of Topliss-reactive ketones (excluding diaryl/α,β-unsaturated/α-hetero) is 2. The molecule has 2 unspecified atom stereocenters. The summed E-state index contributed by atoms with van der Waals surface area (Å²) in [6.07, 6.45) is 3.23. The smallest absolute Gasteiger partial charge is 0.291 e. The van der Waals surface area contributed by atoms with Crippen LogP contribution in [-0.2, 0) is 14.3 Å². The monoisotopic (exact) mass is 433 g/mol. The number of carbonyl (C=O) groups excluding carboxylic acids is 3. The number of para-hydroxylation sites is 1. The zero-order valence-electron chi connectivity index (χ0n) is 17.5. The summed E-state index contributed by atoms with van der Waals surface area (Å²) in [5, 5.41) is 0.773. The van der Waals surface area contributed by atoms with Crippen molar-refractivity contribution in [2.45, 2.75) is 6.04 Å². The maximum atomic E-state index is 13.5. The van der Waals surface area contributed by atoms with E-state index in [0.717, 1.165) is 18.5 Å². The average molecular weight is 433 g/mol. The summed E-state index contributed by atoms with van der Waals surface area (Å²) in [5.41, 5.74) is 1.22. The van der Waals surface area contributed by atoms with Crippen LogP contribution >= 0.6 is 0 Å². The van der Waals surface area contributed by atoms with Gasteiger partial charge >= 0.3 is 0 Å². The molecule has 0 N–H and O–H groups in total. The number of furan rings is 1. The maximum Gasteiger partial charge on any atom is 0.291 e. The van der Waals surface area contributed by atoms with Crippen LogP contribution in [0.2, 0.25) is 0 Å². The molecule has 0 aliphatic carbocycles. The number of hydrogen-bond acceptors (Lipinski definition) is 7. The summed E-state index contributed by atoms with van der Waals surface area (Å²) < 4.78 is 11.1. The lowest BCUT2D eigenvalue weighted by Crippen LogP contribution is -2.42. The molecule has 0 bridgehead atoms. The summed E-state index contributed by atoms with van der Waals surface area (Å²) in [5.74, 6) is -2.91. The van der Waals surface area contributed by atoms with E-state index in [1.807, 2.05) is 18.2 Å². The lowest BCUT2D eigenvalue weighted by atomic mass is 9.89. The van der Waals surface area contributed by atoms with Gasteiger partial charge in [0.05, 0.1) is 19.3 Å². The maximum absolute atomic E-state index is 13.5. The molecular weight excluding hydrogens is 410 g/mol. The highest BCUT2D eigenvalue weighted by atomic mass is 16.5. The van der Waals surface area contributed by atoms with Crippen molar-refractivity contribution in [2.24, 2.45) is 5.92 Å². The molecule has 2 saturated heterocycles. The minimum atomic E-state index is -1.17. The predicted molar refractivity (Wildman–Crippen MR) is 115 cm³/mol. The summed E-state index contributed by atoms with van der Waals surface area (Å²) in [4.78, 5) is 47.4. The number of nitrogens with zero attached hydrogens (tertiary/aromatic N) is 3. The molecule has 2 aliphatic rings. The van der Waals surface area contributed by atoms with Gasteiger partial charge in [-0.3, -0.25) is 24.3 Å². The van der Waals surface area contributed by atoms with Gasteiger partial charge in [-0.15, -0.1) is 0 Å². The zero-order valence-corrected chi connectivity index (χ0v) is 17.5. The van der Waals surface area contributed by atoms with Crippen molar-refractivity contribution < 1.29 is 23.5 Å². The van der Waals surface area contributed by atoms with Gasteiger partial charge in [0.25, 0.3) is 5.91 Å². The summed E-state index contributed by atoms with van der Waals surface area (Å²) in [6.45, 7) is 3.78. The normalized spacial score (nSPS) is 22.1. The van der Waals surface area contributed by atoms with Gasteiger partial charge in [0.15, 0.2) is 5.76 Å². The fourth-order valence-electron chi connectivity index (χ4n) is 4.48. The molecule has 8 nitrogen and oxygen atoms in total. The molecule has 0 saturated carbocycles. The van der Waals surface area contributed by atoms with Gasteiger partial charge in [-0.1, -0.05) is 24.3 Å². The third kappa shape index (κ3) is 3.72. The first-order chi connectivity index (χ1) is 15.6. The number of aromatic nitrogens is 1. The molecule has 3 aromatic rings. The Balaban J connectivity index is 1.47. The number of benzene rings is 1. The molecule has 1 amide bonds. The van der Waals surface area contributed by atoms with E-state index in [4.69, 9.17) is 9.15 Å². The third-order valence-corrected chi connectivity index (χ3v) is 6.14. The van der Waals surface area contributed by atoms with Gasteiger partial charge in [-0.05, 0) is 23.8 Å². The summed E-state index contributed by atoms with van der Waals surface area (Å²) in [7, 11) is 0. The number of ether oxygens (including phenoxy) is 1. The van der Waals surface area contributed by atoms with Crippen LogP contribution in [0.15, 0.2) is 59.3 Å². The number of hydrogen-bond donors (Lipinski definition) is 0. The number of morpholine rings is 1. The Hall–Kier alpha value is -3.36. The highest BCUT2D eigenvalue weighted by Gasteiger charge is 2.52. The fraction of sp³-hybridized carbons (Fsp3) is 0.333. The fourth-order valence-corrected chi connectivity index (χ4v) is 4.48. The molecule has 2 aliphatic heterocycles. The second kappa shape index (κ2) is 8.64. The van der Waals surface area contributed by atoms with E-state index in [1.165, 1.54) is 4.90 Å². The lowest BCUT2D eigenvalue weighted by molar-refractivity contribution is -0.141. The van der Waals surface area contributed by atoms with Crippen molar-refractivity contribution in [1.82, 2.24) is 14.8 Å². The second-order valence-corrected chi connectivity index (χ2v) is 8.04. The number of fused-ring (bicyclic) bond motifs is 1. The molecule has 4 heterocycles. The van der Waals surface area contributed by atoms with Crippen molar-refractivity contribution >= 4 is 28.4 Å². The van der Waals surface area contributed by atoms with Gasteiger partial charge in [0.1, 0.15) is 11.5 Å². The number of amides is 1. The first-order valence-corrected chi connectivity index (χ1v) is 10.7. The third-order valence-electron chi connectivity index (χ3n) is 6.14. The van der Waals surface area contributed by atoms with Crippen molar-refractivity contribution in [1.29, 1.82) is 0 Å². The van der Waals surface area contributed by atoms with E-state index in [2.05, 4.69) is 9.88 Å². The highest BCUT2D eigenvalue weighted by Crippen LogP contribution is 2.38. The van der Waals surface area contributed by atoms with Crippen LogP contribution in [-0.4, -0.2) is 71.7 Å². The Morgan fingerprint density at radius 3 is 2.62 bits per heavy atom. The Labute approximate surface area is 184 Å². The van der Waals surface area contributed by atoms with E-state index in [-0.39, 0.29) is 5.76 Å². The second-order valence-electron chi connectivity index (χ2n) is 8.04. The Bertz CT molecular complexity index is 1120. The Morgan fingerprint density at radius 1 is 1.06 bits per heavy atom. The van der Waals surface area contributed by atoms with Crippen molar-refractivity contribution in [3.63, 3.8) is 0 Å². The zero-order chi connectivity index (χ0) is 22.1. The number of ketones is 2. The van der Waals surface area contributed by atoms with E-state index in [0.29, 0.717) is 37.4 Å². The van der Waals surface area contributed by atoms with Gasteiger partial charge in [-0.2, -0.15) is 0 Å². The van der Waals surface area contributed by atoms with Crippen LogP contribution in [0, 0.1) is 5.92 Å². The molecule has 32 heavy (non-hydrogen) atoms. The van der Waals surface area contributed by atoms with E-state index < -0.39 is 29.4 Å². The van der Waals surface area contributed by atoms with Crippen LogP contribution in [0.5, 0.6) is 0 Å². The topological polar surface area (TPSA) is 93.0 Å². The van der Waals surface area contributed by atoms with Crippen LogP contribution in [0.3, 0.4) is 0 Å². The van der Waals surface area contributed by atoms with Crippen molar-refractivity contribution in [3.8, 4) is 0 Å². The van der Waals surface area contributed by atoms with Crippen molar-refractivity contribution in [2.75, 3.05) is 39.4 Å². The van der Waals surface area contributed by atoms with Crippen LogP contribution in [0.4, 0.5) is 0 Å². The molecule has 5 rings (SSSR count).